The van der Waals surface area contributed by atoms with Crippen molar-refractivity contribution >= 4 is 0 Å². The van der Waals surface area contributed by atoms with E-state index in [1.807, 2.05) is 6.08 Å². The van der Waals surface area contributed by atoms with Crippen LogP contribution in [0.5, 0.6) is 0 Å². The predicted octanol–water partition coefficient (Wildman–Crippen LogP) is 2.67. The number of hydrogen-bond acceptors (Lipinski definition) is 1. The van der Waals surface area contributed by atoms with Gasteiger partial charge in [0.1, 0.15) is 0 Å². The highest BCUT2D eigenvalue weighted by Crippen LogP contribution is 2.52. The molecular weight excluding hydrogens is 160 g/mol. The third-order valence-corrected chi connectivity index (χ3v) is 3.99. The van der Waals surface area contributed by atoms with E-state index < -0.39 is 0 Å². The van der Waals surface area contributed by atoms with E-state index in [0.29, 0.717) is 5.92 Å². The smallest absolute Gasteiger partial charge is 0.0600 e. The fraction of sp³-hybridized carbons (Fsp3) is 0.667. The summed E-state index contributed by atoms with van der Waals surface area (Å²) in [5, 5.41) is 9.94. The number of aliphatic hydroxyl groups is 1. The average Bonchev–Trinajstić information content (AvgIpc) is 2.43. The van der Waals surface area contributed by atoms with E-state index in [2.05, 4.69) is 19.6 Å². The van der Waals surface area contributed by atoms with Crippen LogP contribution in [-0.4, -0.2) is 11.2 Å². The lowest BCUT2D eigenvalue weighted by Gasteiger charge is -2.38. The molecule has 0 aromatic heterocycles. The second kappa shape index (κ2) is 2.98. The van der Waals surface area contributed by atoms with Gasteiger partial charge in [-0.05, 0) is 37.2 Å². The maximum atomic E-state index is 9.94. The first-order valence-corrected chi connectivity index (χ1v) is 5.19. The zero-order valence-corrected chi connectivity index (χ0v) is 8.29. The number of hydrogen-bond donors (Lipinski definition) is 1. The van der Waals surface area contributed by atoms with Crippen LogP contribution >= 0.6 is 0 Å². The van der Waals surface area contributed by atoms with Crippen molar-refractivity contribution in [3.63, 3.8) is 0 Å². The van der Waals surface area contributed by atoms with Gasteiger partial charge in [-0.25, -0.2) is 0 Å². The van der Waals surface area contributed by atoms with Crippen LogP contribution in [0.2, 0.25) is 0 Å². The molecule has 1 heteroatoms. The molecule has 0 spiro atoms. The summed E-state index contributed by atoms with van der Waals surface area (Å²) in [4.78, 5) is 0. The standard InChI is InChI=1S/C12H18O/c1-3-9-5-4-8-12(2)10(9)6-7-11(12)13/h3,5,10-11,13H,1,4,6-8H2,2H3. The molecule has 0 aromatic rings. The van der Waals surface area contributed by atoms with Crippen molar-refractivity contribution in [1.82, 2.24) is 0 Å². The summed E-state index contributed by atoms with van der Waals surface area (Å²) in [6.45, 7) is 6.08. The second-order valence-electron chi connectivity index (χ2n) is 4.60. The van der Waals surface area contributed by atoms with E-state index in [1.54, 1.807) is 0 Å². The molecule has 2 aliphatic rings. The molecule has 0 heterocycles. The summed E-state index contributed by atoms with van der Waals surface area (Å²) in [5.74, 6) is 0.564. The Morgan fingerprint density at radius 1 is 1.62 bits per heavy atom. The molecule has 0 amide bonds. The molecule has 0 bridgehead atoms. The summed E-state index contributed by atoms with van der Waals surface area (Å²) in [6.07, 6.45) is 8.50. The third-order valence-electron chi connectivity index (χ3n) is 3.99. The Labute approximate surface area is 80.2 Å². The molecule has 1 nitrogen and oxygen atoms in total. The Balaban J connectivity index is 2.32. The first kappa shape index (κ1) is 9.01. The minimum absolute atomic E-state index is 0.0962. The number of allylic oxidation sites excluding steroid dienone is 3. The fourth-order valence-corrected chi connectivity index (χ4v) is 3.02. The molecule has 1 fully saturated rings. The van der Waals surface area contributed by atoms with E-state index in [0.717, 1.165) is 25.7 Å². The van der Waals surface area contributed by atoms with E-state index in [-0.39, 0.29) is 11.5 Å². The van der Waals surface area contributed by atoms with E-state index in [9.17, 15) is 5.11 Å². The van der Waals surface area contributed by atoms with Crippen molar-refractivity contribution in [1.29, 1.82) is 0 Å². The van der Waals surface area contributed by atoms with E-state index in [4.69, 9.17) is 0 Å². The highest BCUT2D eigenvalue weighted by atomic mass is 16.3. The number of aliphatic hydroxyl groups excluding tert-OH is 1. The lowest BCUT2D eigenvalue weighted by Crippen LogP contribution is -2.34. The molecule has 0 radical (unpaired) electrons. The summed E-state index contributed by atoms with van der Waals surface area (Å²) < 4.78 is 0. The Hall–Kier alpha value is -0.560. The SMILES string of the molecule is C=CC1=CCCC2(C)C(O)CCC12. The van der Waals surface area contributed by atoms with Crippen LogP contribution in [0.15, 0.2) is 24.3 Å². The van der Waals surface area contributed by atoms with Crippen LogP contribution in [0.1, 0.15) is 32.6 Å². The topological polar surface area (TPSA) is 20.2 Å². The first-order valence-electron chi connectivity index (χ1n) is 5.19. The fourth-order valence-electron chi connectivity index (χ4n) is 3.02. The minimum atomic E-state index is -0.0962. The van der Waals surface area contributed by atoms with E-state index >= 15 is 0 Å². The van der Waals surface area contributed by atoms with Crippen molar-refractivity contribution in [2.24, 2.45) is 11.3 Å². The van der Waals surface area contributed by atoms with Crippen LogP contribution in [0.25, 0.3) is 0 Å². The molecule has 0 aliphatic heterocycles. The lowest BCUT2D eigenvalue weighted by atomic mass is 9.68. The summed E-state index contributed by atoms with van der Waals surface area (Å²) in [5.41, 5.74) is 1.50. The zero-order chi connectivity index (χ0) is 9.47. The van der Waals surface area contributed by atoms with Crippen molar-refractivity contribution in [2.75, 3.05) is 0 Å². The number of fused-ring (bicyclic) bond motifs is 1. The third kappa shape index (κ3) is 1.18. The molecule has 2 rings (SSSR count). The van der Waals surface area contributed by atoms with Crippen LogP contribution in [-0.2, 0) is 0 Å². The molecule has 72 valence electrons. The maximum Gasteiger partial charge on any atom is 0.0600 e. The normalized spacial score (nSPS) is 44.0. The molecule has 3 unspecified atom stereocenters. The van der Waals surface area contributed by atoms with Gasteiger partial charge in [0, 0.05) is 5.41 Å². The van der Waals surface area contributed by atoms with Crippen LogP contribution in [0.4, 0.5) is 0 Å². The largest absolute Gasteiger partial charge is 0.393 e. The quantitative estimate of drug-likeness (QED) is 0.654. The molecule has 1 N–H and O–H groups in total. The van der Waals surface area contributed by atoms with Gasteiger partial charge in [0.15, 0.2) is 0 Å². The van der Waals surface area contributed by atoms with Crippen molar-refractivity contribution < 1.29 is 5.11 Å². The predicted molar refractivity (Wildman–Crippen MR) is 54.4 cm³/mol. The van der Waals surface area contributed by atoms with Gasteiger partial charge in [0.25, 0.3) is 0 Å². The van der Waals surface area contributed by atoms with Gasteiger partial charge in [0.05, 0.1) is 6.10 Å². The molecule has 13 heavy (non-hydrogen) atoms. The molecule has 1 saturated carbocycles. The van der Waals surface area contributed by atoms with Gasteiger partial charge in [-0.1, -0.05) is 25.7 Å². The van der Waals surface area contributed by atoms with Gasteiger partial charge in [-0.2, -0.15) is 0 Å². The van der Waals surface area contributed by atoms with Gasteiger partial charge >= 0.3 is 0 Å². The average molecular weight is 178 g/mol. The second-order valence-corrected chi connectivity index (χ2v) is 4.60. The van der Waals surface area contributed by atoms with Crippen LogP contribution in [0, 0.1) is 11.3 Å². The van der Waals surface area contributed by atoms with Crippen molar-refractivity contribution in [3.05, 3.63) is 24.3 Å². The van der Waals surface area contributed by atoms with Gasteiger partial charge in [0.2, 0.25) is 0 Å². The molecule has 2 aliphatic carbocycles. The molecule has 3 atom stereocenters. The highest BCUT2D eigenvalue weighted by molar-refractivity contribution is 5.27. The Bertz CT molecular complexity index is 254. The van der Waals surface area contributed by atoms with Gasteiger partial charge in [-0.3, -0.25) is 0 Å². The summed E-state index contributed by atoms with van der Waals surface area (Å²) in [6, 6.07) is 0. The Morgan fingerprint density at radius 2 is 2.38 bits per heavy atom. The Kier molecular flexibility index (Phi) is 2.07. The van der Waals surface area contributed by atoms with Crippen LogP contribution in [0.3, 0.4) is 0 Å². The number of rotatable bonds is 1. The minimum Gasteiger partial charge on any atom is -0.393 e. The van der Waals surface area contributed by atoms with Gasteiger partial charge in [-0.15, -0.1) is 0 Å². The van der Waals surface area contributed by atoms with Gasteiger partial charge < -0.3 is 5.11 Å². The van der Waals surface area contributed by atoms with Crippen molar-refractivity contribution in [2.45, 2.75) is 38.7 Å². The zero-order valence-electron chi connectivity index (χ0n) is 8.29. The molecular formula is C12H18O. The maximum absolute atomic E-state index is 9.94. The van der Waals surface area contributed by atoms with Crippen molar-refractivity contribution in [3.8, 4) is 0 Å². The monoisotopic (exact) mass is 178 g/mol. The summed E-state index contributed by atoms with van der Waals surface area (Å²) >= 11 is 0. The molecule has 0 saturated heterocycles. The molecule has 0 aromatic carbocycles. The highest BCUT2D eigenvalue weighted by Gasteiger charge is 2.47. The van der Waals surface area contributed by atoms with E-state index in [1.165, 1.54) is 5.57 Å². The summed E-state index contributed by atoms with van der Waals surface area (Å²) in [7, 11) is 0. The van der Waals surface area contributed by atoms with Crippen LogP contribution < -0.4 is 0 Å². The lowest BCUT2D eigenvalue weighted by molar-refractivity contribution is 0.0387. The Morgan fingerprint density at radius 3 is 3.08 bits per heavy atom. The first-order chi connectivity index (χ1) is 6.18.